The van der Waals surface area contributed by atoms with E-state index < -0.39 is 5.92 Å². The van der Waals surface area contributed by atoms with Crippen LogP contribution in [0.1, 0.15) is 62.1 Å². The molecule has 26 heavy (non-hydrogen) atoms. The number of aromatic nitrogens is 1. The van der Waals surface area contributed by atoms with E-state index in [9.17, 15) is 5.26 Å². The van der Waals surface area contributed by atoms with E-state index in [-0.39, 0.29) is 0 Å². The van der Waals surface area contributed by atoms with Gasteiger partial charge >= 0.3 is 0 Å². The van der Waals surface area contributed by atoms with Crippen LogP contribution in [0.25, 0.3) is 0 Å². The summed E-state index contributed by atoms with van der Waals surface area (Å²) in [4.78, 5) is 9.31. The molecule has 0 aromatic carbocycles. The molecule has 0 amide bonds. The van der Waals surface area contributed by atoms with Gasteiger partial charge in [0.25, 0.3) is 0 Å². The van der Waals surface area contributed by atoms with E-state index in [0.29, 0.717) is 31.0 Å². The van der Waals surface area contributed by atoms with Crippen molar-refractivity contribution in [1.29, 1.82) is 5.26 Å². The van der Waals surface area contributed by atoms with Crippen molar-refractivity contribution in [2.45, 2.75) is 57.5 Å². The van der Waals surface area contributed by atoms with Gasteiger partial charge in [0.05, 0.1) is 17.9 Å². The van der Waals surface area contributed by atoms with Gasteiger partial charge in [-0.05, 0) is 31.6 Å². The molecule has 1 N–H and O–H groups in total. The Morgan fingerprint density at radius 3 is 3.04 bits per heavy atom. The highest BCUT2D eigenvalue weighted by Crippen LogP contribution is 2.25. The first-order valence-electron chi connectivity index (χ1n) is 9.39. The number of aliphatic imine (C=N–C) groups is 1. The van der Waals surface area contributed by atoms with Crippen molar-refractivity contribution in [3.05, 3.63) is 16.1 Å². The molecule has 0 spiro atoms. The van der Waals surface area contributed by atoms with Gasteiger partial charge in [-0.25, -0.2) is 4.98 Å². The van der Waals surface area contributed by atoms with Gasteiger partial charge < -0.3 is 14.8 Å². The minimum absolute atomic E-state index is 0.324. The van der Waals surface area contributed by atoms with Gasteiger partial charge in [0.2, 0.25) is 0 Å². The third-order valence-electron chi connectivity index (χ3n) is 4.37. The van der Waals surface area contributed by atoms with E-state index in [1.54, 1.807) is 7.11 Å². The number of ether oxygens (including phenoxy) is 2. The fourth-order valence-corrected chi connectivity index (χ4v) is 3.85. The molecule has 6 nitrogen and oxygen atoms in total. The molecule has 0 aliphatic carbocycles. The fraction of sp³-hybridized carbons (Fsp3) is 0.737. The Kier molecular flexibility index (Phi) is 9.02. The van der Waals surface area contributed by atoms with Crippen LogP contribution in [0.3, 0.4) is 0 Å². The second-order valence-electron chi connectivity index (χ2n) is 6.79. The maximum Gasteiger partial charge on any atom is 0.155 e. The quantitative estimate of drug-likeness (QED) is 0.383. The molecule has 1 aromatic rings. The average Bonchev–Trinajstić information content (AvgIpc) is 3.31. The summed E-state index contributed by atoms with van der Waals surface area (Å²) in [6, 6.07) is 2.38. The highest BCUT2D eigenvalue weighted by molar-refractivity contribution is 7.10. The topological polar surface area (TPSA) is 79.5 Å². The summed E-state index contributed by atoms with van der Waals surface area (Å²) < 4.78 is 10.8. The lowest BCUT2D eigenvalue weighted by Gasteiger charge is -2.15. The third-order valence-corrected chi connectivity index (χ3v) is 5.29. The zero-order valence-corrected chi connectivity index (χ0v) is 16.8. The largest absolute Gasteiger partial charge is 0.385 e. The molecule has 0 saturated carbocycles. The summed E-state index contributed by atoms with van der Waals surface area (Å²) in [7, 11) is 1.69. The van der Waals surface area contributed by atoms with Crippen molar-refractivity contribution >= 4 is 17.2 Å². The minimum atomic E-state index is -0.445. The van der Waals surface area contributed by atoms with Crippen LogP contribution in [-0.4, -0.2) is 50.3 Å². The number of amidine groups is 1. The van der Waals surface area contributed by atoms with Crippen LogP contribution in [0.5, 0.6) is 0 Å². The highest BCUT2D eigenvalue weighted by Gasteiger charge is 2.23. The molecule has 0 radical (unpaired) electrons. The minimum Gasteiger partial charge on any atom is -0.385 e. The molecular weight excluding hydrogens is 348 g/mol. The SMILES string of the molecule is COCCCN=C(NCC[C@@H]1CCCO1)[C@@H](C#N)c1nc(C(C)C)cs1. The first kappa shape index (κ1) is 20.8. The van der Waals surface area contributed by atoms with Crippen LogP contribution in [0, 0.1) is 11.3 Å². The van der Waals surface area contributed by atoms with E-state index in [1.807, 2.05) is 5.38 Å². The number of rotatable bonds is 10. The number of thiazole rings is 1. The monoisotopic (exact) mass is 378 g/mol. The van der Waals surface area contributed by atoms with Crippen LogP contribution < -0.4 is 5.32 Å². The summed E-state index contributed by atoms with van der Waals surface area (Å²) in [5, 5.41) is 16.0. The van der Waals surface area contributed by atoms with Gasteiger partial charge in [-0.15, -0.1) is 11.3 Å². The number of nitrogens with zero attached hydrogens (tertiary/aromatic N) is 3. The van der Waals surface area contributed by atoms with Gasteiger partial charge in [0.1, 0.15) is 10.8 Å². The lowest BCUT2D eigenvalue weighted by atomic mass is 10.1. The van der Waals surface area contributed by atoms with E-state index >= 15 is 0 Å². The number of hydrogen-bond acceptors (Lipinski definition) is 6. The maximum atomic E-state index is 9.76. The summed E-state index contributed by atoms with van der Waals surface area (Å²) in [6.45, 7) is 7.14. The van der Waals surface area contributed by atoms with Crippen LogP contribution in [0.2, 0.25) is 0 Å². The Morgan fingerprint density at radius 2 is 2.42 bits per heavy atom. The Bertz CT molecular complexity index is 603. The van der Waals surface area contributed by atoms with Gasteiger partial charge in [0, 0.05) is 38.8 Å². The molecule has 1 aliphatic heterocycles. The second-order valence-corrected chi connectivity index (χ2v) is 7.68. The molecule has 144 valence electrons. The van der Waals surface area contributed by atoms with E-state index in [4.69, 9.17) is 9.47 Å². The smallest absolute Gasteiger partial charge is 0.155 e. The molecule has 2 atom stereocenters. The standard InChI is InChI=1S/C19H30N4O2S/c1-14(2)17-13-26-19(23-17)16(12-20)18(21-8-5-10-24-3)22-9-7-15-6-4-11-25-15/h13-16H,4-11H2,1-3H3,(H,21,22)/t15-,16+/m0/s1. The molecule has 1 aliphatic rings. The Morgan fingerprint density at radius 1 is 1.58 bits per heavy atom. The first-order valence-corrected chi connectivity index (χ1v) is 10.3. The average molecular weight is 379 g/mol. The number of nitrogens with one attached hydrogen (secondary N) is 1. The molecule has 2 heterocycles. The van der Waals surface area contributed by atoms with Crippen molar-refractivity contribution in [2.75, 3.05) is 33.4 Å². The highest BCUT2D eigenvalue weighted by atomic mass is 32.1. The van der Waals surface area contributed by atoms with Crippen LogP contribution in [0.15, 0.2) is 10.4 Å². The summed E-state index contributed by atoms with van der Waals surface area (Å²) >= 11 is 1.54. The van der Waals surface area contributed by atoms with Crippen molar-refractivity contribution < 1.29 is 9.47 Å². The lowest BCUT2D eigenvalue weighted by molar-refractivity contribution is 0.105. The maximum absolute atomic E-state index is 9.76. The van der Waals surface area contributed by atoms with Crippen molar-refractivity contribution in [2.24, 2.45) is 4.99 Å². The van der Waals surface area contributed by atoms with Gasteiger partial charge in [-0.2, -0.15) is 5.26 Å². The van der Waals surface area contributed by atoms with Gasteiger partial charge in [-0.3, -0.25) is 4.99 Å². The van der Waals surface area contributed by atoms with E-state index in [0.717, 1.165) is 49.5 Å². The second kappa shape index (κ2) is 11.3. The van der Waals surface area contributed by atoms with Crippen molar-refractivity contribution in [3.8, 4) is 6.07 Å². The predicted molar refractivity (Wildman–Crippen MR) is 105 cm³/mol. The zero-order valence-electron chi connectivity index (χ0n) is 16.0. The van der Waals surface area contributed by atoms with Crippen LogP contribution in [0.4, 0.5) is 0 Å². The molecule has 1 aromatic heterocycles. The van der Waals surface area contributed by atoms with Crippen LogP contribution >= 0.6 is 11.3 Å². The van der Waals surface area contributed by atoms with Crippen LogP contribution in [-0.2, 0) is 9.47 Å². The molecular formula is C19H30N4O2S. The lowest BCUT2D eigenvalue weighted by Crippen LogP contribution is -2.32. The fourth-order valence-electron chi connectivity index (χ4n) is 2.82. The summed E-state index contributed by atoms with van der Waals surface area (Å²) in [5.74, 6) is 0.625. The molecule has 0 bridgehead atoms. The predicted octanol–water partition coefficient (Wildman–Crippen LogP) is 3.47. The number of nitriles is 1. The molecule has 1 saturated heterocycles. The van der Waals surface area contributed by atoms with E-state index in [2.05, 4.69) is 35.2 Å². The van der Waals surface area contributed by atoms with Gasteiger partial charge in [0.15, 0.2) is 5.92 Å². The van der Waals surface area contributed by atoms with E-state index in [1.165, 1.54) is 11.3 Å². The van der Waals surface area contributed by atoms with Gasteiger partial charge in [-0.1, -0.05) is 13.8 Å². The number of methoxy groups -OCH3 is 1. The van der Waals surface area contributed by atoms with Crippen molar-refractivity contribution in [1.82, 2.24) is 10.3 Å². The Balaban J connectivity index is 2.04. The summed E-state index contributed by atoms with van der Waals surface area (Å²) in [6.07, 6.45) is 4.35. The Labute approximate surface area is 160 Å². The van der Waals surface area contributed by atoms with Crippen molar-refractivity contribution in [3.63, 3.8) is 0 Å². The molecule has 7 heteroatoms. The first-order chi connectivity index (χ1) is 12.7. The normalized spacial score (nSPS) is 18.9. The molecule has 0 unspecified atom stereocenters. The third kappa shape index (κ3) is 6.35. The molecule has 1 fully saturated rings. The number of hydrogen-bond donors (Lipinski definition) is 1. The zero-order chi connectivity index (χ0) is 18.8. The summed E-state index contributed by atoms with van der Waals surface area (Å²) in [5.41, 5.74) is 1.03. The molecule has 2 rings (SSSR count). The Hall–Kier alpha value is -1.49.